The summed E-state index contributed by atoms with van der Waals surface area (Å²) in [5.74, 6) is -0.105. The number of hydrogen-bond donors (Lipinski definition) is 1. The average molecular weight is 404 g/mol. The first-order valence-corrected chi connectivity index (χ1v) is 9.98. The fraction of sp³-hybridized carbons (Fsp3) is 0.0435. The number of thioether (sulfide) groups is 1. The van der Waals surface area contributed by atoms with Crippen molar-refractivity contribution in [3.63, 3.8) is 0 Å². The zero-order chi connectivity index (χ0) is 20.1. The smallest absolute Gasteiger partial charge is 0.257 e. The largest absolute Gasteiger partial charge is 0.431 e. The molecule has 0 radical (unpaired) electrons. The van der Waals surface area contributed by atoms with Crippen molar-refractivity contribution in [2.24, 2.45) is 0 Å². The van der Waals surface area contributed by atoms with Crippen molar-refractivity contribution >= 4 is 23.4 Å². The molecule has 0 fully saturated rings. The number of carbonyl (C=O) groups excluding carboxylic acids is 1. The molecule has 6 heteroatoms. The minimum absolute atomic E-state index is 0.0529. The van der Waals surface area contributed by atoms with Crippen LogP contribution in [0.3, 0.4) is 0 Å². The topological polar surface area (TPSA) is 55.1 Å². The van der Waals surface area contributed by atoms with Gasteiger partial charge in [0.2, 0.25) is 5.91 Å². The number of aromatic nitrogens is 1. The Balaban J connectivity index is 1.54. The van der Waals surface area contributed by atoms with Crippen molar-refractivity contribution < 1.29 is 13.6 Å². The Labute approximate surface area is 171 Å². The van der Waals surface area contributed by atoms with Crippen molar-refractivity contribution in [1.29, 1.82) is 0 Å². The number of nitrogens with zero attached hydrogens (tertiary/aromatic N) is 1. The lowest BCUT2D eigenvalue weighted by Gasteiger charge is -2.04. The number of anilines is 1. The molecule has 0 bridgehead atoms. The third-order valence-corrected chi connectivity index (χ3v) is 4.99. The molecule has 0 aliphatic carbocycles. The highest BCUT2D eigenvalue weighted by atomic mass is 32.2. The molecular weight excluding hydrogens is 387 g/mol. The standard InChI is InChI=1S/C23H17FN2O2S/c24-18-13-7-8-14-19(18)25-20(27)15-29-23-26-21(16-9-3-1-4-10-16)22(28-23)17-11-5-2-6-12-17/h1-14H,15H2,(H,25,27). The van der Waals surface area contributed by atoms with Gasteiger partial charge >= 0.3 is 0 Å². The molecule has 4 aromatic rings. The number of hydrogen-bond acceptors (Lipinski definition) is 4. The third-order valence-electron chi connectivity index (χ3n) is 4.17. The van der Waals surface area contributed by atoms with Crippen LogP contribution >= 0.6 is 11.8 Å². The average Bonchev–Trinajstić information content (AvgIpc) is 3.20. The van der Waals surface area contributed by atoms with Crippen LogP contribution < -0.4 is 5.32 Å². The first-order chi connectivity index (χ1) is 14.2. The van der Waals surface area contributed by atoms with Crippen molar-refractivity contribution in [2.75, 3.05) is 11.1 Å². The Kier molecular flexibility index (Phi) is 5.72. The summed E-state index contributed by atoms with van der Waals surface area (Å²) >= 11 is 1.17. The van der Waals surface area contributed by atoms with E-state index in [1.807, 2.05) is 60.7 Å². The summed E-state index contributed by atoms with van der Waals surface area (Å²) < 4.78 is 19.7. The number of nitrogens with one attached hydrogen (secondary N) is 1. The van der Waals surface area contributed by atoms with Crippen LogP contribution in [-0.4, -0.2) is 16.6 Å². The van der Waals surface area contributed by atoms with Crippen LogP contribution in [-0.2, 0) is 4.79 Å². The molecule has 4 nitrogen and oxygen atoms in total. The van der Waals surface area contributed by atoms with E-state index in [2.05, 4.69) is 10.3 Å². The van der Waals surface area contributed by atoms with E-state index < -0.39 is 5.82 Å². The lowest BCUT2D eigenvalue weighted by Crippen LogP contribution is -2.14. The normalized spacial score (nSPS) is 10.7. The highest BCUT2D eigenvalue weighted by molar-refractivity contribution is 7.99. The lowest BCUT2D eigenvalue weighted by atomic mass is 10.1. The van der Waals surface area contributed by atoms with E-state index in [0.29, 0.717) is 16.7 Å². The van der Waals surface area contributed by atoms with Crippen LogP contribution in [0.5, 0.6) is 0 Å². The van der Waals surface area contributed by atoms with E-state index in [-0.39, 0.29) is 17.3 Å². The Hall–Kier alpha value is -3.38. The number of carbonyl (C=O) groups is 1. The van der Waals surface area contributed by atoms with Gasteiger partial charge in [0.1, 0.15) is 11.5 Å². The molecule has 0 spiro atoms. The van der Waals surface area contributed by atoms with Gasteiger partial charge in [-0.3, -0.25) is 4.79 Å². The summed E-state index contributed by atoms with van der Waals surface area (Å²) in [6.45, 7) is 0. The van der Waals surface area contributed by atoms with E-state index in [4.69, 9.17) is 4.42 Å². The second-order valence-corrected chi connectivity index (χ2v) is 7.13. The molecular formula is C23H17FN2O2S. The van der Waals surface area contributed by atoms with Gasteiger partial charge in [-0.2, -0.15) is 0 Å². The van der Waals surface area contributed by atoms with Crippen LogP contribution in [0.2, 0.25) is 0 Å². The zero-order valence-electron chi connectivity index (χ0n) is 15.3. The van der Waals surface area contributed by atoms with Gasteiger partial charge in [0.25, 0.3) is 5.22 Å². The van der Waals surface area contributed by atoms with E-state index in [1.54, 1.807) is 12.1 Å². The van der Waals surface area contributed by atoms with Gasteiger partial charge in [-0.15, -0.1) is 0 Å². The Morgan fingerprint density at radius 2 is 1.52 bits per heavy atom. The molecule has 144 valence electrons. The van der Waals surface area contributed by atoms with Gasteiger partial charge in [0.15, 0.2) is 5.76 Å². The highest BCUT2D eigenvalue weighted by Crippen LogP contribution is 2.35. The third kappa shape index (κ3) is 4.55. The summed E-state index contributed by atoms with van der Waals surface area (Å²) in [5.41, 5.74) is 2.70. The monoisotopic (exact) mass is 404 g/mol. The first kappa shape index (κ1) is 19.0. The molecule has 0 saturated heterocycles. The van der Waals surface area contributed by atoms with Gasteiger partial charge in [0, 0.05) is 11.1 Å². The molecule has 1 aromatic heterocycles. The molecule has 1 N–H and O–H groups in total. The van der Waals surface area contributed by atoms with Gasteiger partial charge in [-0.1, -0.05) is 84.6 Å². The van der Waals surface area contributed by atoms with Gasteiger partial charge in [-0.05, 0) is 12.1 Å². The minimum atomic E-state index is -0.472. The Morgan fingerprint density at radius 3 is 2.21 bits per heavy atom. The highest BCUT2D eigenvalue weighted by Gasteiger charge is 2.18. The number of amides is 1. The number of halogens is 1. The van der Waals surface area contributed by atoms with Crippen molar-refractivity contribution in [1.82, 2.24) is 4.98 Å². The Bertz CT molecular complexity index is 1060. The SMILES string of the molecule is O=C(CSc1nc(-c2ccccc2)c(-c2ccccc2)o1)Nc1ccccc1F. The molecule has 0 atom stereocenters. The molecule has 0 saturated carbocycles. The van der Waals surface area contributed by atoms with Crippen LogP contribution in [0.4, 0.5) is 10.1 Å². The number of rotatable bonds is 6. The molecule has 1 amide bonds. The van der Waals surface area contributed by atoms with E-state index in [9.17, 15) is 9.18 Å². The van der Waals surface area contributed by atoms with Crippen LogP contribution in [0.1, 0.15) is 0 Å². The van der Waals surface area contributed by atoms with Crippen LogP contribution in [0.15, 0.2) is 94.6 Å². The maximum Gasteiger partial charge on any atom is 0.257 e. The fourth-order valence-electron chi connectivity index (χ4n) is 2.82. The fourth-order valence-corrected chi connectivity index (χ4v) is 3.44. The quantitative estimate of drug-likeness (QED) is 0.408. The molecule has 1 heterocycles. The van der Waals surface area contributed by atoms with E-state index in [0.717, 1.165) is 11.1 Å². The Morgan fingerprint density at radius 1 is 0.897 bits per heavy atom. The first-order valence-electron chi connectivity index (χ1n) is 8.99. The number of para-hydroxylation sites is 1. The molecule has 0 aliphatic rings. The number of benzene rings is 3. The second-order valence-electron chi connectivity index (χ2n) is 6.21. The summed E-state index contributed by atoms with van der Waals surface area (Å²) in [4.78, 5) is 16.8. The molecule has 4 rings (SSSR count). The van der Waals surface area contributed by atoms with Crippen molar-refractivity contribution in [2.45, 2.75) is 5.22 Å². The van der Waals surface area contributed by atoms with Gasteiger partial charge in [0.05, 0.1) is 11.4 Å². The van der Waals surface area contributed by atoms with Gasteiger partial charge < -0.3 is 9.73 Å². The van der Waals surface area contributed by atoms with E-state index in [1.165, 1.54) is 23.9 Å². The predicted molar refractivity (Wildman–Crippen MR) is 113 cm³/mol. The lowest BCUT2D eigenvalue weighted by molar-refractivity contribution is -0.113. The minimum Gasteiger partial charge on any atom is -0.431 e. The molecule has 3 aromatic carbocycles. The summed E-state index contributed by atoms with van der Waals surface area (Å²) in [5, 5.41) is 2.94. The maximum atomic E-state index is 13.7. The molecule has 29 heavy (non-hydrogen) atoms. The van der Waals surface area contributed by atoms with Crippen molar-refractivity contribution in [3.8, 4) is 22.6 Å². The number of oxazole rings is 1. The van der Waals surface area contributed by atoms with Crippen molar-refractivity contribution in [3.05, 3.63) is 90.7 Å². The van der Waals surface area contributed by atoms with Crippen LogP contribution in [0.25, 0.3) is 22.6 Å². The second kappa shape index (κ2) is 8.75. The summed E-state index contributed by atoms with van der Waals surface area (Å²) in [6.07, 6.45) is 0. The molecule has 0 aliphatic heterocycles. The maximum absolute atomic E-state index is 13.7. The van der Waals surface area contributed by atoms with Crippen LogP contribution in [0, 0.1) is 5.82 Å². The summed E-state index contributed by atoms with van der Waals surface area (Å²) in [6, 6.07) is 25.5. The zero-order valence-corrected chi connectivity index (χ0v) is 16.2. The summed E-state index contributed by atoms with van der Waals surface area (Å²) in [7, 11) is 0. The van der Waals surface area contributed by atoms with E-state index >= 15 is 0 Å². The molecule has 0 unspecified atom stereocenters. The van der Waals surface area contributed by atoms with Gasteiger partial charge in [-0.25, -0.2) is 9.37 Å². The predicted octanol–water partition coefficient (Wildman–Crippen LogP) is 5.88.